The number of amides is 1. The molecule has 0 saturated heterocycles. The number of halogens is 1. The fourth-order valence-corrected chi connectivity index (χ4v) is 4.02. The molecule has 0 atom stereocenters. The molecular formula is C28H30FN3O2. The number of carbonyl (C=O) groups is 1. The Morgan fingerprint density at radius 1 is 1.00 bits per heavy atom. The number of rotatable bonds is 10. The van der Waals surface area contributed by atoms with Gasteiger partial charge in [-0.3, -0.25) is 4.79 Å². The maximum atomic E-state index is 13.1. The SMILES string of the molecule is CC(C)c1ccccc1OCCCCn1c(CNC(=O)c2ccc(F)cc2)nc2ccccc21. The molecule has 0 aliphatic carbocycles. The first-order valence-electron chi connectivity index (χ1n) is 11.7. The molecule has 3 aromatic carbocycles. The highest BCUT2D eigenvalue weighted by atomic mass is 19.1. The quantitative estimate of drug-likeness (QED) is 0.292. The van der Waals surface area contributed by atoms with Crippen LogP contribution in [0.2, 0.25) is 0 Å². The summed E-state index contributed by atoms with van der Waals surface area (Å²) in [6.07, 6.45) is 1.82. The molecule has 4 rings (SSSR count). The maximum Gasteiger partial charge on any atom is 0.251 e. The van der Waals surface area contributed by atoms with Crippen LogP contribution in [-0.4, -0.2) is 22.1 Å². The third kappa shape index (κ3) is 5.63. The van der Waals surface area contributed by atoms with Gasteiger partial charge in [0.15, 0.2) is 0 Å². The van der Waals surface area contributed by atoms with Crippen molar-refractivity contribution in [2.24, 2.45) is 0 Å². The van der Waals surface area contributed by atoms with Crippen molar-refractivity contribution in [3.63, 3.8) is 0 Å². The Morgan fingerprint density at radius 3 is 2.53 bits per heavy atom. The van der Waals surface area contributed by atoms with Crippen LogP contribution in [0, 0.1) is 5.82 Å². The van der Waals surface area contributed by atoms with Crippen molar-refractivity contribution in [1.29, 1.82) is 0 Å². The third-order valence-electron chi connectivity index (χ3n) is 5.82. The molecule has 0 radical (unpaired) electrons. The van der Waals surface area contributed by atoms with Gasteiger partial charge in [-0.2, -0.15) is 0 Å². The topological polar surface area (TPSA) is 56.1 Å². The summed E-state index contributed by atoms with van der Waals surface area (Å²) in [5.41, 5.74) is 3.58. The van der Waals surface area contributed by atoms with Crippen molar-refractivity contribution in [3.05, 3.63) is 95.6 Å². The van der Waals surface area contributed by atoms with E-state index in [9.17, 15) is 9.18 Å². The lowest BCUT2D eigenvalue weighted by atomic mass is 10.0. The Bertz CT molecular complexity index is 1250. The summed E-state index contributed by atoms with van der Waals surface area (Å²) in [4.78, 5) is 17.2. The van der Waals surface area contributed by atoms with E-state index in [0.29, 0.717) is 24.6 Å². The fourth-order valence-electron chi connectivity index (χ4n) is 4.02. The van der Waals surface area contributed by atoms with Crippen LogP contribution >= 0.6 is 0 Å². The molecule has 0 aliphatic heterocycles. The van der Waals surface area contributed by atoms with Crippen molar-refractivity contribution in [2.75, 3.05) is 6.61 Å². The third-order valence-corrected chi connectivity index (χ3v) is 5.82. The molecule has 0 aliphatic rings. The van der Waals surface area contributed by atoms with Gasteiger partial charge in [0.1, 0.15) is 17.4 Å². The molecule has 0 bridgehead atoms. The number of unbranched alkanes of at least 4 members (excludes halogenated alkanes) is 1. The van der Waals surface area contributed by atoms with Crippen LogP contribution in [0.5, 0.6) is 5.75 Å². The van der Waals surface area contributed by atoms with E-state index in [0.717, 1.165) is 42.0 Å². The minimum Gasteiger partial charge on any atom is -0.493 e. The highest BCUT2D eigenvalue weighted by Gasteiger charge is 2.13. The number of hydrogen-bond donors (Lipinski definition) is 1. The molecule has 0 fully saturated rings. The average molecular weight is 460 g/mol. The number of aromatic nitrogens is 2. The van der Waals surface area contributed by atoms with E-state index >= 15 is 0 Å². The van der Waals surface area contributed by atoms with Crippen molar-refractivity contribution in [3.8, 4) is 5.75 Å². The number of aryl methyl sites for hydroxylation is 1. The summed E-state index contributed by atoms with van der Waals surface area (Å²) in [7, 11) is 0. The van der Waals surface area contributed by atoms with Gasteiger partial charge in [-0.15, -0.1) is 0 Å². The fraction of sp³-hybridized carbons (Fsp3) is 0.286. The van der Waals surface area contributed by atoms with Gasteiger partial charge in [0.25, 0.3) is 5.91 Å². The molecule has 176 valence electrons. The van der Waals surface area contributed by atoms with Crippen LogP contribution < -0.4 is 10.1 Å². The highest BCUT2D eigenvalue weighted by molar-refractivity contribution is 5.94. The summed E-state index contributed by atoms with van der Waals surface area (Å²) in [5, 5.41) is 2.91. The Morgan fingerprint density at radius 2 is 1.74 bits per heavy atom. The largest absolute Gasteiger partial charge is 0.493 e. The van der Waals surface area contributed by atoms with Crippen molar-refractivity contribution in [1.82, 2.24) is 14.9 Å². The van der Waals surface area contributed by atoms with E-state index in [-0.39, 0.29) is 11.7 Å². The normalized spacial score (nSPS) is 11.2. The lowest BCUT2D eigenvalue weighted by Gasteiger charge is -2.14. The summed E-state index contributed by atoms with van der Waals surface area (Å²) < 4.78 is 21.4. The molecule has 0 saturated carbocycles. The molecular weight excluding hydrogens is 429 g/mol. The van der Waals surface area contributed by atoms with Crippen LogP contribution in [-0.2, 0) is 13.1 Å². The minimum absolute atomic E-state index is 0.254. The number of nitrogens with zero attached hydrogens (tertiary/aromatic N) is 2. The van der Waals surface area contributed by atoms with Gasteiger partial charge >= 0.3 is 0 Å². The second-order valence-corrected chi connectivity index (χ2v) is 8.61. The second-order valence-electron chi connectivity index (χ2n) is 8.61. The first-order valence-corrected chi connectivity index (χ1v) is 11.7. The van der Waals surface area contributed by atoms with Gasteiger partial charge in [-0.05, 0) is 66.8 Å². The number of carbonyl (C=O) groups excluding carboxylic acids is 1. The zero-order valence-corrected chi connectivity index (χ0v) is 19.6. The Kier molecular flexibility index (Phi) is 7.58. The molecule has 0 unspecified atom stereocenters. The first kappa shape index (κ1) is 23.5. The van der Waals surface area contributed by atoms with Gasteiger partial charge in [0, 0.05) is 12.1 Å². The van der Waals surface area contributed by atoms with Crippen LogP contribution in [0.4, 0.5) is 4.39 Å². The van der Waals surface area contributed by atoms with E-state index in [1.165, 1.54) is 29.8 Å². The summed E-state index contributed by atoms with van der Waals surface area (Å²) in [6.45, 7) is 6.05. The number of ether oxygens (including phenoxy) is 1. The minimum atomic E-state index is -0.366. The summed E-state index contributed by atoms with van der Waals surface area (Å²) in [5.74, 6) is 1.55. The molecule has 34 heavy (non-hydrogen) atoms. The van der Waals surface area contributed by atoms with E-state index in [2.05, 4.69) is 29.8 Å². The monoisotopic (exact) mass is 459 g/mol. The molecule has 1 amide bonds. The Balaban J connectivity index is 1.37. The lowest BCUT2D eigenvalue weighted by Crippen LogP contribution is -2.24. The van der Waals surface area contributed by atoms with Crippen molar-refractivity contribution >= 4 is 16.9 Å². The van der Waals surface area contributed by atoms with E-state index in [4.69, 9.17) is 9.72 Å². The average Bonchev–Trinajstić information content (AvgIpc) is 3.20. The van der Waals surface area contributed by atoms with Gasteiger partial charge in [0.2, 0.25) is 0 Å². The zero-order valence-electron chi connectivity index (χ0n) is 19.6. The summed E-state index contributed by atoms with van der Waals surface area (Å²) >= 11 is 0. The van der Waals surface area contributed by atoms with Crippen LogP contribution in [0.25, 0.3) is 11.0 Å². The van der Waals surface area contributed by atoms with Gasteiger partial charge < -0.3 is 14.6 Å². The van der Waals surface area contributed by atoms with Gasteiger partial charge in [-0.25, -0.2) is 9.37 Å². The molecule has 1 heterocycles. The molecule has 4 aromatic rings. The predicted octanol–water partition coefficient (Wildman–Crippen LogP) is 6.09. The van der Waals surface area contributed by atoms with Gasteiger partial charge in [0.05, 0.1) is 24.2 Å². The maximum absolute atomic E-state index is 13.1. The number of hydrogen-bond acceptors (Lipinski definition) is 3. The number of benzene rings is 3. The molecule has 5 nitrogen and oxygen atoms in total. The number of para-hydroxylation sites is 3. The van der Waals surface area contributed by atoms with E-state index < -0.39 is 0 Å². The molecule has 6 heteroatoms. The predicted molar refractivity (Wildman–Crippen MR) is 133 cm³/mol. The zero-order chi connectivity index (χ0) is 23.9. The van der Waals surface area contributed by atoms with Crippen LogP contribution in [0.15, 0.2) is 72.8 Å². The second kappa shape index (κ2) is 11.0. The molecule has 0 spiro atoms. The number of imidazole rings is 1. The van der Waals surface area contributed by atoms with E-state index in [1.807, 2.05) is 42.5 Å². The van der Waals surface area contributed by atoms with Crippen molar-refractivity contribution in [2.45, 2.75) is 45.7 Å². The summed E-state index contributed by atoms with van der Waals surface area (Å²) in [6, 6.07) is 21.7. The highest BCUT2D eigenvalue weighted by Crippen LogP contribution is 2.26. The Hall–Kier alpha value is -3.67. The number of fused-ring (bicyclic) bond motifs is 1. The Labute approximate surface area is 199 Å². The number of nitrogens with one attached hydrogen (secondary N) is 1. The lowest BCUT2D eigenvalue weighted by molar-refractivity contribution is 0.0949. The first-order chi connectivity index (χ1) is 16.5. The smallest absolute Gasteiger partial charge is 0.251 e. The molecule has 1 N–H and O–H groups in total. The molecule has 1 aromatic heterocycles. The van der Waals surface area contributed by atoms with Crippen LogP contribution in [0.3, 0.4) is 0 Å². The van der Waals surface area contributed by atoms with Crippen LogP contribution in [0.1, 0.15) is 54.4 Å². The van der Waals surface area contributed by atoms with E-state index in [1.54, 1.807) is 0 Å². The van der Waals surface area contributed by atoms with Crippen molar-refractivity contribution < 1.29 is 13.9 Å². The van der Waals surface area contributed by atoms with Gasteiger partial charge in [-0.1, -0.05) is 44.2 Å². The standard InChI is InChI=1S/C28H30FN3O2/c1-20(2)23-9-3-6-12-26(23)34-18-8-7-17-32-25-11-5-4-10-24(25)31-27(32)19-30-28(33)21-13-15-22(29)16-14-21/h3-6,9-16,20H,7-8,17-19H2,1-2H3,(H,30,33).